The lowest BCUT2D eigenvalue weighted by molar-refractivity contribution is -0.0421. The Morgan fingerprint density at radius 1 is 1.05 bits per heavy atom. The van der Waals surface area contributed by atoms with Gasteiger partial charge in [-0.1, -0.05) is 13.8 Å². The van der Waals surface area contributed by atoms with E-state index in [-0.39, 0.29) is 24.3 Å². The first kappa shape index (κ1) is 16.7. The van der Waals surface area contributed by atoms with Crippen molar-refractivity contribution in [2.75, 3.05) is 0 Å². The van der Waals surface area contributed by atoms with Gasteiger partial charge in [0.15, 0.2) is 0 Å². The molecule has 0 aromatic carbocycles. The van der Waals surface area contributed by atoms with E-state index < -0.39 is 5.92 Å². The zero-order valence-electron chi connectivity index (χ0n) is 13.3. The lowest BCUT2D eigenvalue weighted by Gasteiger charge is -2.43. The third kappa shape index (κ3) is 4.16. The van der Waals surface area contributed by atoms with Crippen molar-refractivity contribution < 1.29 is 8.78 Å². The van der Waals surface area contributed by atoms with Gasteiger partial charge in [-0.2, -0.15) is 5.26 Å². The molecule has 0 unspecified atom stereocenters. The second-order valence-corrected chi connectivity index (χ2v) is 7.42. The first-order valence-corrected chi connectivity index (χ1v) is 8.38. The third-order valence-electron chi connectivity index (χ3n) is 5.83. The van der Waals surface area contributed by atoms with E-state index in [0.717, 1.165) is 25.7 Å². The smallest absolute Gasteiger partial charge is 0.248 e. The number of nitrogens with one attached hydrogen (secondary N) is 1. The summed E-state index contributed by atoms with van der Waals surface area (Å²) in [5.41, 5.74) is 0.173. The van der Waals surface area contributed by atoms with Crippen LogP contribution in [0.1, 0.15) is 71.6 Å². The van der Waals surface area contributed by atoms with Gasteiger partial charge in [-0.3, -0.25) is 0 Å². The van der Waals surface area contributed by atoms with E-state index in [1.165, 1.54) is 0 Å². The SMILES string of the molecule is CC(C)[C@]1(CC#N)CC[C@H](NC2CCC(F)(F)CC2)CC1. The Balaban J connectivity index is 1.80. The summed E-state index contributed by atoms with van der Waals surface area (Å²) in [6.07, 6.45) is 6.21. The van der Waals surface area contributed by atoms with Crippen molar-refractivity contribution in [2.24, 2.45) is 11.3 Å². The van der Waals surface area contributed by atoms with Crippen LogP contribution in [0.5, 0.6) is 0 Å². The van der Waals surface area contributed by atoms with Crippen LogP contribution >= 0.6 is 0 Å². The van der Waals surface area contributed by atoms with Gasteiger partial charge in [0.05, 0.1) is 6.07 Å². The van der Waals surface area contributed by atoms with Gasteiger partial charge in [0.1, 0.15) is 0 Å². The van der Waals surface area contributed by atoms with Gasteiger partial charge in [0.2, 0.25) is 5.92 Å². The van der Waals surface area contributed by atoms with E-state index in [2.05, 4.69) is 25.2 Å². The number of alkyl halides is 2. The summed E-state index contributed by atoms with van der Waals surface area (Å²) in [6.45, 7) is 4.43. The lowest BCUT2D eigenvalue weighted by Crippen LogP contribution is -2.46. The van der Waals surface area contributed by atoms with Crippen molar-refractivity contribution >= 4 is 0 Å². The van der Waals surface area contributed by atoms with E-state index in [1.807, 2.05) is 0 Å². The summed E-state index contributed by atoms with van der Waals surface area (Å²) in [5.74, 6) is -1.91. The van der Waals surface area contributed by atoms with E-state index >= 15 is 0 Å². The summed E-state index contributed by atoms with van der Waals surface area (Å²) in [5, 5.41) is 12.7. The lowest BCUT2D eigenvalue weighted by atomic mass is 9.64. The van der Waals surface area contributed by atoms with E-state index in [1.54, 1.807) is 0 Å². The molecular formula is C17H28F2N2. The molecule has 0 bridgehead atoms. The largest absolute Gasteiger partial charge is 0.311 e. The topological polar surface area (TPSA) is 35.8 Å². The number of halogens is 2. The Morgan fingerprint density at radius 3 is 1.95 bits per heavy atom. The van der Waals surface area contributed by atoms with Gasteiger partial charge in [-0.25, -0.2) is 8.78 Å². The van der Waals surface area contributed by atoms with E-state index in [4.69, 9.17) is 5.26 Å². The predicted molar refractivity (Wildman–Crippen MR) is 80.1 cm³/mol. The molecule has 0 aliphatic heterocycles. The molecule has 2 aliphatic rings. The highest BCUT2D eigenvalue weighted by Crippen LogP contribution is 2.45. The zero-order chi connectivity index (χ0) is 15.5. The molecule has 0 heterocycles. The highest BCUT2D eigenvalue weighted by Gasteiger charge is 2.39. The van der Waals surface area contributed by atoms with Crippen molar-refractivity contribution in [2.45, 2.75) is 89.6 Å². The first-order chi connectivity index (χ1) is 9.87. The van der Waals surface area contributed by atoms with Crippen molar-refractivity contribution in [3.05, 3.63) is 0 Å². The minimum atomic E-state index is -2.44. The fraction of sp³-hybridized carbons (Fsp3) is 0.941. The van der Waals surface area contributed by atoms with Gasteiger partial charge < -0.3 is 5.32 Å². The Hall–Kier alpha value is -0.690. The van der Waals surface area contributed by atoms with Crippen LogP contribution in [0.2, 0.25) is 0 Å². The minimum Gasteiger partial charge on any atom is -0.311 e. The second-order valence-electron chi connectivity index (χ2n) is 7.42. The Kier molecular flexibility index (Phi) is 5.24. The minimum absolute atomic E-state index is 0.0295. The van der Waals surface area contributed by atoms with Crippen molar-refractivity contribution in [3.8, 4) is 6.07 Å². The number of hydrogen-bond donors (Lipinski definition) is 1. The molecule has 2 rings (SSSR count). The highest BCUT2D eigenvalue weighted by atomic mass is 19.3. The molecule has 2 aliphatic carbocycles. The standard InChI is InChI=1S/C17H28F2N2/c1-13(2)16(11-12-20)7-3-14(4-8-16)21-15-5-9-17(18,19)10-6-15/h13-15,21H,3-11H2,1-2H3/t14-,16+. The predicted octanol–water partition coefficient (Wildman–Crippen LogP) is 4.65. The maximum absolute atomic E-state index is 13.2. The fourth-order valence-corrected chi connectivity index (χ4v) is 4.02. The summed E-state index contributed by atoms with van der Waals surface area (Å²) < 4.78 is 26.3. The second kappa shape index (κ2) is 6.60. The normalized spacial score (nSPS) is 33.8. The highest BCUT2D eigenvalue weighted by molar-refractivity contribution is 4.96. The zero-order valence-corrected chi connectivity index (χ0v) is 13.3. The Bertz CT molecular complexity index is 369. The van der Waals surface area contributed by atoms with Gasteiger partial charge >= 0.3 is 0 Å². The molecule has 0 radical (unpaired) electrons. The van der Waals surface area contributed by atoms with Gasteiger partial charge in [-0.15, -0.1) is 0 Å². The number of nitriles is 1. The van der Waals surface area contributed by atoms with Crippen LogP contribution in [0, 0.1) is 22.7 Å². The summed E-state index contributed by atoms with van der Waals surface area (Å²) in [6, 6.07) is 3.07. The molecule has 4 heteroatoms. The van der Waals surface area contributed by atoms with Gasteiger partial charge in [0.25, 0.3) is 0 Å². The molecule has 0 amide bonds. The number of rotatable bonds is 4. The molecule has 0 saturated heterocycles. The van der Waals surface area contributed by atoms with E-state index in [0.29, 0.717) is 31.2 Å². The maximum atomic E-state index is 13.2. The van der Waals surface area contributed by atoms with Crippen LogP contribution in [0.15, 0.2) is 0 Å². The molecular weight excluding hydrogens is 270 g/mol. The maximum Gasteiger partial charge on any atom is 0.248 e. The molecule has 21 heavy (non-hydrogen) atoms. The van der Waals surface area contributed by atoms with Crippen molar-refractivity contribution in [1.82, 2.24) is 5.32 Å². The molecule has 2 nitrogen and oxygen atoms in total. The van der Waals surface area contributed by atoms with Gasteiger partial charge in [0, 0.05) is 31.3 Å². The van der Waals surface area contributed by atoms with Crippen LogP contribution in [0.4, 0.5) is 8.78 Å². The van der Waals surface area contributed by atoms with Crippen LogP contribution in [-0.2, 0) is 0 Å². The first-order valence-electron chi connectivity index (χ1n) is 8.38. The summed E-state index contributed by atoms with van der Waals surface area (Å²) in [4.78, 5) is 0. The third-order valence-corrected chi connectivity index (χ3v) is 5.83. The molecule has 0 aromatic rings. The molecule has 120 valence electrons. The Morgan fingerprint density at radius 2 is 1.52 bits per heavy atom. The average molecular weight is 298 g/mol. The molecule has 1 N–H and O–H groups in total. The van der Waals surface area contributed by atoms with Crippen LogP contribution in [-0.4, -0.2) is 18.0 Å². The van der Waals surface area contributed by atoms with Crippen molar-refractivity contribution in [3.63, 3.8) is 0 Å². The van der Waals surface area contributed by atoms with Crippen LogP contribution in [0.25, 0.3) is 0 Å². The van der Waals surface area contributed by atoms with Crippen LogP contribution in [0.3, 0.4) is 0 Å². The average Bonchev–Trinajstić information content (AvgIpc) is 2.43. The number of hydrogen-bond acceptors (Lipinski definition) is 2. The monoisotopic (exact) mass is 298 g/mol. The summed E-state index contributed by atoms with van der Waals surface area (Å²) in [7, 11) is 0. The van der Waals surface area contributed by atoms with Gasteiger partial charge in [-0.05, 0) is 49.9 Å². The van der Waals surface area contributed by atoms with E-state index in [9.17, 15) is 8.78 Å². The fourth-order valence-electron chi connectivity index (χ4n) is 4.02. The van der Waals surface area contributed by atoms with Crippen molar-refractivity contribution in [1.29, 1.82) is 5.26 Å². The molecule has 2 fully saturated rings. The summed E-state index contributed by atoms with van der Waals surface area (Å²) >= 11 is 0. The molecule has 0 aromatic heterocycles. The van der Waals surface area contributed by atoms with Crippen LogP contribution < -0.4 is 5.32 Å². The molecule has 2 saturated carbocycles. The number of nitrogens with zero attached hydrogens (tertiary/aromatic N) is 1. The quantitative estimate of drug-likeness (QED) is 0.820. The molecule has 0 spiro atoms. The molecule has 0 atom stereocenters. The Labute approximate surface area is 127 Å².